The molecule has 0 unspecified atom stereocenters. The van der Waals surface area contributed by atoms with Gasteiger partial charge in [0, 0.05) is 16.4 Å². The lowest BCUT2D eigenvalue weighted by molar-refractivity contribution is -0.0753. The molecule has 4 nitrogen and oxygen atoms in total. The largest absolute Gasteiger partial charge is 0.294 e. The molecule has 4 rings (SSSR count). The number of rotatable bonds is 3. The van der Waals surface area contributed by atoms with Gasteiger partial charge in [-0.1, -0.05) is 12.1 Å². The van der Waals surface area contributed by atoms with Gasteiger partial charge >= 0.3 is 0 Å². The lowest BCUT2D eigenvalue weighted by Gasteiger charge is -2.11. The highest BCUT2D eigenvalue weighted by Crippen LogP contribution is 2.29. The summed E-state index contributed by atoms with van der Waals surface area (Å²) in [4.78, 5) is 29.6. The molecule has 31 heavy (non-hydrogen) atoms. The van der Waals surface area contributed by atoms with Crippen molar-refractivity contribution < 1.29 is 14.4 Å². The maximum absolute atomic E-state index is 11.9. The average Bonchev–Trinajstić information content (AvgIpc) is 3.32. The molecule has 6 heteroatoms. The van der Waals surface area contributed by atoms with Crippen molar-refractivity contribution >= 4 is 54.5 Å². The number of thiophene rings is 2. The topological polar surface area (TPSA) is 46.6 Å². The highest BCUT2D eigenvalue weighted by Gasteiger charge is 2.15. The number of hydrogen-bond donors (Lipinski definition) is 0. The van der Waals surface area contributed by atoms with Gasteiger partial charge in [0.2, 0.25) is 0 Å². The van der Waals surface area contributed by atoms with E-state index in [0.29, 0.717) is 4.88 Å². The molecule has 0 spiro atoms. The van der Waals surface area contributed by atoms with Gasteiger partial charge in [0.15, 0.2) is 5.78 Å². The monoisotopic (exact) mass is 453 g/mol. The summed E-state index contributed by atoms with van der Waals surface area (Å²) in [6.45, 7) is 9.97. The van der Waals surface area contributed by atoms with Gasteiger partial charge in [0.05, 0.1) is 16.9 Å². The summed E-state index contributed by atoms with van der Waals surface area (Å²) in [6, 6.07) is 12.4. The minimum absolute atomic E-state index is 0.107. The summed E-state index contributed by atoms with van der Waals surface area (Å²) in [5.41, 5.74) is 5.06. The summed E-state index contributed by atoms with van der Waals surface area (Å²) in [6.07, 6.45) is 0. The van der Waals surface area contributed by atoms with Gasteiger partial charge in [-0.3, -0.25) is 14.4 Å². The fourth-order valence-corrected chi connectivity index (χ4v) is 5.27. The molecule has 0 aliphatic rings. The number of aryl methyl sites for hydroxylation is 4. The van der Waals surface area contributed by atoms with E-state index in [2.05, 4.69) is 52.0 Å². The first kappa shape index (κ1) is 23.1. The van der Waals surface area contributed by atoms with Gasteiger partial charge in [-0.2, -0.15) is 0 Å². The van der Waals surface area contributed by atoms with Gasteiger partial charge in [0.25, 0.3) is 5.91 Å². The Balaban J connectivity index is 0.000000179. The predicted molar refractivity (Wildman–Crippen MR) is 132 cm³/mol. The second-order valence-corrected chi connectivity index (χ2v) is 9.88. The fraction of sp³-hybridized carbons (Fsp3) is 0.280. The van der Waals surface area contributed by atoms with Crippen LogP contribution in [0.5, 0.6) is 0 Å². The van der Waals surface area contributed by atoms with Crippen molar-refractivity contribution in [3.63, 3.8) is 0 Å². The maximum atomic E-state index is 11.9. The van der Waals surface area contributed by atoms with Gasteiger partial charge in [0.1, 0.15) is 0 Å². The van der Waals surface area contributed by atoms with Gasteiger partial charge < -0.3 is 0 Å². The quantitative estimate of drug-likeness (QED) is 0.251. The van der Waals surface area contributed by atoms with Crippen LogP contribution in [0.2, 0.25) is 0 Å². The Labute approximate surface area is 191 Å². The van der Waals surface area contributed by atoms with Crippen LogP contribution in [0.4, 0.5) is 0 Å². The third-order valence-corrected chi connectivity index (χ3v) is 7.67. The molecule has 0 aliphatic heterocycles. The molecule has 0 radical (unpaired) electrons. The molecule has 0 bridgehead atoms. The first-order chi connectivity index (χ1) is 14.6. The highest BCUT2D eigenvalue weighted by molar-refractivity contribution is 7.21. The zero-order valence-corrected chi connectivity index (χ0v) is 20.6. The van der Waals surface area contributed by atoms with Crippen LogP contribution in [-0.2, 0) is 4.84 Å². The van der Waals surface area contributed by atoms with E-state index in [1.165, 1.54) is 55.8 Å². The second-order valence-electron chi connectivity index (χ2n) is 7.71. The van der Waals surface area contributed by atoms with Crippen molar-refractivity contribution in [2.75, 3.05) is 14.2 Å². The number of fused-ring (bicyclic) bond motifs is 2. The lowest BCUT2D eigenvalue weighted by atomic mass is 10.1. The van der Waals surface area contributed by atoms with Crippen LogP contribution in [0, 0.1) is 27.7 Å². The fourth-order valence-electron chi connectivity index (χ4n) is 3.12. The molecule has 2 aromatic heterocycles. The minimum atomic E-state index is -0.107. The van der Waals surface area contributed by atoms with Crippen LogP contribution in [-0.4, -0.2) is 30.9 Å². The van der Waals surface area contributed by atoms with Gasteiger partial charge in [-0.15, -0.1) is 22.7 Å². The average molecular weight is 454 g/mol. The normalized spacial score (nSPS) is 10.8. The van der Waals surface area contributed by atoms with Gasteiger partial charge in [-0.25, -0.2) is 5.06 Å². The Bertz CT molecular complexity index is 1210. The number of nitrogens with zero attached hydrogens (tertiary/aromatic N) is 1. The van der Waals surface area contributed by atoms with Crippen molar-refractivity contribution in [3.05, 3.63) is 68.4 Å². The van der Waals surface area contributed by atoms with E-state index in [-0.39, 0.29) is 11.7 Å². The van der Waals surface area contributed by atoms with Crippen LogP contribution in [0.1, 0.15) is 48.5 Å². The van der Waals surface area contributed by atoms with Crippen molar-refractivity contribution in [1.82, 2.24) is 5.06 Å². The summed E-state index contributed by atoms with van der Waals surface area (Å²) < 4.78 is 2.35. The SMILES string of the molecule is CC(=O)c1cc2cc(C)c(C)cc2s1.CON(C)C(=O)c1cc2cc(C)c(C)cc2s1. The van der Waals surface area contributed by atoms with E-state index in [9.17, 15) is 9.59 Å². The molecule has 1 amide bonds. The number of amides is 1. The number of carbonyl (C=O) groups excluding carboxylic acids is 2. The van der Waals surface area contributed by atoms with Crippen LogP contribution < -0.4 is 0 Å². The highest BCUT2D eigenvalue weighted by atomic mass is 32.1. The van der Waals surface area contributed by atoms with E-state index < -0.39 is 0 Å². The number of carbonyl (C=O) groups is 2. The van der Waals surface area contributed by atoms with E-state index in [1.54, 1.807) is 25.3 Å². The molecule has 2 heterocycles. The van der Waals surface area contributed by atoms with E-state index in [4.69, 9.17) is 4.84 Å². The number of ketones is 1. The predicted octanol–water partition coefficient (Wildman–Crippen LogP) is 6.87. The van der Waals surface area contributed by atoms with E-state index in [0.717, 1.165) is 15.0 Å². The summed E-state index contributed by atoms with van der Waals surface area (Å²) in [7, 11) is 3.10. The molecule has 0 fully saturated rings. The van der Waals surface area contributed by atoms with Gasteiger partial charge in [-0.05, 0) is 91.9 Å². The first-order valence-corrected chi connectivity index (χ1v) is 11.6. The molecule has 0 atom stereocenters. The molecule has 0 saturated heterocycles. The number of hydroxylamine groups is 2. The summed E-state index contributed by atoms with van der Waals surface area (Å²) in [5.74, 6) is 0.0468. The molecular formula is C25H27NO3S2. The zero-order valence-electron chi connectivity index (χ0n) is 19.0. The maximum Gasteiger partial charge on any atom is 0.287 e. The Kier molecular flexibility index (Phi) is 6.94. The van der Waals surface area contributed by atoms with Crippen molar-refractivity contribution in [2.45, 2.75) is 34.6 Å². The number of benzene rings is 2. The van der Waals surface area contributed by atoms with Crippen molar-refractivity contribution in [2.24, 2.45) is 0 Å². The second kappa shape index (κ2) is 9.30. The smallest absolute Gasteiger partial charge is 0.287 e. The first-order valence-electron chi connectivity index (χ1n) is 9.95. The van der Waals surface area contributed by atoms with Crippen LogP contribution in [0.25, 0.3) is 20.2 Å². The zero-order chi connectivity index (χ0) is 22.9. The van der Waals surface area contributed by atoms with Crippen LogP contribution >= 0.6 is 22.7 Å². The van der Waals surface area contributed by atoms with E-state index in [1.807, 2.05) is 12.1 Å². The molecule has 0 N–H and O–H groups in total. The van der Waals surface area contributed by atoms with E-state index >= 15 is 0 Å². The molecule has 0 saturated carbocycles. The molecule has 162 valence electrons. The third kappa shape index (κ3) is 5.03. The van der Waals surface area contributed by atoms with Crippen LogP contribution in [0.3, 0.4) is 0 Å². The summed E-state index contributed by atoms with van der Waals surface area (Å²) >= 11 is 3.08. The standard InChI is InChI=1S/C13H15NO2S.C12H12OS/c1-8-5-10-7-12(13(15)14(3)16-4)17-11(10)6-9(8)2;1-7-4-10-6-11(9(3)13)14-12(10)5-8(7)2/h5-7H,1-4H3;4-6H,1-3H3. The minimum Gasteiger partial charge on any atom is -0.294 e. The molecule has 2 aromatic carbocycles. The van der Waals surface area contributed by atoms with Crippen molar-refractivity contribution in [1.29, 1.82) is 0 Å². The number of hydrogen-bond acceptors (Lipinski definition) is 5. The lowest BCUT2D eigenvalue weighted by Crippen LogP contribution is -2.24. The molecular weight excluding hydrogens is 426 g/mol. The summed E-state index contributed by atoms with van der Waals surface area (Å²) in [5, 5.41) is 3.54. The molecule has 4 aromatic rings. The number of Topliss-reactive ketones (excluding diaryl/α,β-unsaturated/α-hetero) is 1. The Morgan fingerprint density at radius 1 is 0.742 bits per heavy atom. The Hall–Kier alpha value is -2.54. The molecule has 0 aliphatic carbocycles. The Morgan fingerprint density at radius 2 is 1.16 bits per heavy atom. The van der Waals surface area contributed by atoms with Crippen LogP contribution in [0.15, 0.2) is 36.4 Å². The third-order valence-electron chi connectivity index (χ3n) is 5.38. The van der Waals surface area contributed by atoms with Crippen molar-refractivity contribution in [3.8, 4) is 0 Å². The Morgan fingerprint density at radius 3 is 1.61 bits per heavy atom.